The van der Waals surface area contributed by atoms with Gasteiger partial charge in [0.05, 0.1) is 32.1 Å². The first-order chi connectivity index (χ1) is 17.6. The van der Waals surface area contributed by atoms with Crippen molar-refractivity contribution in [1.29, 1.82) is 0 Å². The van der Waals surface area contributed by atoms with Gasteiger partial charge in [-0.15, -0.1) is 0 Å². The Hall–Kier alpha value is -3.60. The summed E-state index contributed by atoms with van der Waals surface area (Å²) in [6.45, 7) is 7.10. The first kappa shape index (κ1) is 25.5. The van der Waals surface area contributed by atoms with Crippen LogP contribution in [0.1, 0.15) is 16.1 Å². The molecule has 4 rings (SSSR count). The van der Waals surface area contributed by atoms with Crippen molar-refractivity contribution in [2.75, 3.05) is 75.9 Å². The van der Waals surface area contributed by atoms with Crippen molar-refractivity contribution >= 4 is 35.0 Å². The van der Waals surface area contributed by atoms with E-state index in [9.17, 15) is 14.4 Å². The van der Waals surface area contributed by atoms with Crippen LogP contribution in [0.2, 0.25) is 0 Å². The highest BCUT2D eigenvalue weighted by atomic mass is 16.5. The summed E-state index contributed by atoms with van der Waals surface area (Å²) in [7, 11) is 0. The number of benzene rings is 1. The Bertz CT molecular complexity index is 1080. The Morgan fingerprint density at radius 3 is 2.33 bits per heavy atom. The molecule has 0 aliphatic carbocycles. The van der Waals surface area contributed by atoms with Gasteiger partial charge in [0.2, 0.25) is 0 Å². The van der Waals surface area contributed by atoms with Crippen LogP contribution >= 0.6 is 0 Å². The number of nitrogens with zero attached hydrogens (tertiary/aromatic N) is 3. The molecule has 0 saturated carbocycles. The van der Waals surface area contributed by atoms with Gasteiger partial charge in [0, 0.05) is 62.4 Å². The maximum atomic E-state index is 12.6. The van der Waals surface area contributed by atoms with Crippen LogP contribution < -0.4 is 15.5 Å². The van der Waals surface area contributed by atoms with E-state index in [0.717, 1.165) is 31.9 Å². The van der Waals surface area contributed by atoms with Crippen LogP contribution in [-0.2, 0) is 19.1 Å². The lowest BCUT2D eigenvalue weighted by Crippen LogP contribution is -2.43. The van der Waals surface area contributed by atoms with E-state index >= 15 is 0 Å². The van der Waals surface area contributed by atoms with Crippen LogP contribution in [0, 0.1) is 0 Å². The summed E-state index contributed by atoms with van der Waals surface area (Å²) in [5.41, 5.74) is 2.63. The van der Waals surface area contributed by atoms with Gasteiger partial charge in [-0.05, 0) is 48.6 Å². The summed E-state index contributed by atoms with van der Waals surface area (Å²) in [4.78, 5) is 45.5. The molecule has 0 bridgehead atoms. The van der Waals surface area contributed by atoms with E-state index in [2.05, 4.69) is 25.4 Å². The lowest BCUT2D eigenvalue weighted by atomic mass is 10.1. The number of amides is 2. The minimum absolute atomic E-state index is 0.188. The number of morpholine rings is 2. The number of ether oxygens (including phenoxy) is 2. The molecule has 2 saturated heterocycles. The van der Waals surface area contributed by atoms with Gasteiger partial charge < -0.3 is 25.0 Å². The Morgan fingerprint density at radius 1 is 0.917 bits per heavy atom. The topological polar surface area (TPSA) is 113 Å². The number of allylic oxidation sites excluding steroid dienone is 1. The Balaban J connectivity index is 1.25. The van der Waals surface area contributed by atoms with Gasteiger partial charge in [-0.2, -0.15) is 0 Å². The average Bonchev–Trinajstić information content (AvgIpc) is 2.93. The minimum Gasteiger partial charge on any atom is -0.379 e. The summed E-state index contributed by atoms with van der Waals surface area (Å²) >= 11 is 0. The number of rotatable bonds is 8. The molecule has 1 aromatic heterocycles. The second-order valence-corrected chi connectivity index (χ2v) is 8.48. The molecule has 10 heteroatoms. The van der Waals surface area contributed by atoms with E-state index in [1.165, 1.54) is 6.08 Å². The number of anilines is 2. The maximum absolute atomic E-state index is 12.6. The average molecular weight is 494 g/mol. The fourth-order valence-electron chi connectivity index (χ4n) is 3.94. The number of carbonyl (C=O) groups is 3. The van der Waals surface area contributed by atoms with Crippen LogP contribution in [0.15, 0.2) is 48.7 Å². The molecule has 2 fully saturated rings. The monoisotopic (exact) mass is 493 g/mol. The second-order valence-electron chi connectivity index (χ2n) is 8.48. The van der Waals surface area contributed by atoms with Crippen molar-refractivity contribution in [3.05, 3.63) is 59.9 Å². The molecule has 36 heavy (non-hydrogen) atoms. The number of hydrogen-bond donors (Lipinski definition) is 2. The number of pyridine rings is 1. The van der Waals surface area contributed by atoms with Crippen molar-refractivity contribution in [1.82, 2.24) is 15.2 Å². The molecule has 2 aromatic rings. The van der Waals surface area contributed by atoms with Gasteiger partial charge >= 0.3 is 11.8 Å². The van der Waals surface area contributed by atoms with E-state index < -0.39 is 11.8 Å². The second kappa shape index (κ2) is 12.9. The molecule has 0 spiro atoms. The summed E-state index contributed by atoms with van der Waals surface area (Å²) in [6.07, 6.45) is 4.88. The van der Waals surface area contributed by atoms with Crippen molar-refractivity contribution in [2.45, 2.75) is 0 Å². The normalized spacial score (nSPS) is 16.6. The summed E-state index contributed by atoms with van der Waals surface area (Å²) in [5.74, 6) is -1.63. The lowest BCUT2D eigenvalue weighted by molar-refractivity contribution is -0.136. The van der Waals surface area contributed by atoms with Crippen LogP contribution in [0.4, 0.5) is 11.4 Å². The standard InChI is InChI=1S/C26H31N5O5/c32-24(6-5-22-19-23(7-8-27-22)31-13-17-36-18-14-31)20-1-3-21(4-2-20)29-26(34)25(33)28-9-10-30-11-15-35-16-12-30/h1-8,19H,9-18H2,(H,28,33)(H,29,34). The molecule has 2 amide bonds. The highest BCUT2D eigenvalue weighted by Crippen LogP contribution is 2.17. The van der Waals surface area contributed by atoms with E-state index in [1.54, 1.807) is 36.5 Å². The lowest BCUT2D eigenvalue weighted by Gasteiger charge is -2.28. The fraction of sp³-hybridized carbons (Fsp3) is 0.385. The third kappa shape index (κ3) is 7.45. The van der Waals surface area contributed by atoms with Gasteiger partial charge in [-0.3, -0.25) is 24.3 Å². The molecule has 3 heterocycles. The number of carbonyl (C=O) groups excluding carboxylic acids is 3. The maximum Gasteiger partial charge on any atom is 0.313 e. The highest BCUT2D eigenvalue weighted by molar-refractivity contribution is 6.39. The number of aromatic nitrogens is 1. The van der Waals surface area contributed by atoms with Crippen molar-refractivity contribution in [2.24, 2.45) is 0 Å². The predicted octanol–water partition coefficient (Wildman–Crippen LogP) is 1.20. The molecular formula is C26H31N5O5. The summed E-state index contributed by atoms with van der Waals surface area (Å²) in [6, 6.07) is 10.3. The van der Waals surface area contributed by atoms with Crippen molar-refractivity contribution in [3.63, 3.8) is 0 Å². The van der Waals surface area contributed by atoms with Gasteiger partial charge in [-0.1, -0.05) is 0 Å². The van der Waals surface area contributed by atoms with E-state index in [0.29, 0.717) is 56.5 Å². The Morgan fingerprint density at radius 2 is 1.61 bits per heavy atom. The van der Waals surface area contributed by atoms with Crippen LogP contribution in [-0.4, -0.2) is 93.2 Å². The third-order valence-corrected chi connectivity index (χ3v) is 6.00. The van der Waals surface area contributed by atoms with Crippen LogP contribution in [0.5, 0.6) is 0 Å². The van der Waals surface area contributed by atoms with Crippen LogP contribution in [0.3, 0.4) is 0 Å². The molecule has 190 valence electrons. The Kier molecular flexibility index (Phi) is 9.15. The first-order valence-corrected chi connectivity index (χ1v) is 12.1. The molecule has 10 nitrogen and oxygen atoms in total. The molecule has 0 radical (unpaired) electrons. The SMILES string of the molecule is O=C(NCCN1CCOCC1)C(=O)Nc1ccc(C(=O)C=Cc2cc(N3CCOCC3)ccn2)cc1. The van der Waals surface area contributed by atoms with Gasteiger partial charge in [0.25, 0.3) is 0 Å². The third-order valence-electron chi connectivity index (χ3n) is 6.00. The highest BCUT2D eigenvalue weighted by Gasteiger charge is 2.15. The van der Waals surface area contributed by atoms with Crippen LogP contribution in [0.25, 0.3) is 6.08 Å². The zero-order chi connectivity index (χ0) is 25.2. The van der Waals surface area contributed by atoms with Gasteiger partial charge in [-0.25, -0.2) is 0 Å². The predicted molar refractivity (Wildman–Crippen MR) is 136 cm³/mol. The van der Waals surface area contributed by atoms with E-state index in [1.807, 2.05) is 12.1 Å². The molecule has 0 atom stereocenters. The Labute approximate surface area is 210 Å². The van der Waals surface area contributed by atoms with E-state index in [-0.39, 0.29) is 5.78 Å². The van der Waals surface area contributed by atoms with Crippen molar-refractivity contribution in [3.8, 4) is 0 Å². The van der Waals surface area contributed by atoms with E-state index in [4.69, 9.17) is 9.47 Å². The summed E-state index contributed by atoms with van der Waals surface area (Å²) in [5, 5.41) is 5.18. The molecule has 1 aromatic carbocycles. The largest absolute Gasteiger partial charge is 0.379 e. The van der Waals surface area contributed by atoms with Gasteiger partial charge in [0.15, 0.2) is 5.78 Å². The minimum atomic E-state index is -0.748. The zero-order valence-corrected chi connectivity index (χ0v) is 20.2. The first-order valence-electron chi connectivity index (χ1n) is 12.1. The molecule has 2 aliphatic heterocycles. The van der Waals surface area contributed by atoms with Gasteiger partial charge in [0.1, 0.15) is 0 Å². The molecule has 2 N–H and O–H groups in total. The van der Waals surface area contributed by atoms with Crippen molar-refractivity contribution < 1.29 is 23.9 Å². The quantitative estimate of drug-likeness (QED) is 0.321. The number of nitrogens with one attached hydrogen (secondary N) is 2. The fourth-order valence-corrected chi connectivity index (χ4v) is 3.94. The smallest absolute Gasteiger partial charge is 0.313 e. The summed E-state index contributed by atoms with van der Waals surface area (Å²) < 4.78 is 10.7. The molecule has 0 unspecified atom stereocenters. The molecule has 2 aliphatic rings. The zero-order valence-electron chi connectivity index (χ0n) is 20.2. The number of hydrogen-bond acceptors (Lipinski definition) is 8. The number of ketones is 1. The molecular weight excluding hydrogens is 462 g/mol.